The van der Waals surface area contributed by atoms with Gasteiger partial charge in [-0.2, -0.15) is 39.5 Å². The van der Waals surface area contributed by atoms with E-state index in [4.69, 9.17) is 9.47 Å². The third kappa shape index (κ3) is 7.42. The molecule has 0 saturated heterocycles. The van der Waals surface area contributed by atoms with Crippen molar-refractivity contribution >= 4 is 17.9 Å². The molecule has 1 saturated carbocycles. The van der Waals surface area contributed by atoms with Crippen LogP contribution in [0, 0.1) is 11.8 Å². The van der Waals surface area contributed by atoms with Gasteiger partial charge in [0.25, 0.3) is 0 Å². The quantitative estimate of drug-likeness (QED) is 0.321. The maximum Gasteiger partial charge on any atom is 0.416 e. The summed E-state index contributed by atoms with van der Waals surface area (Å²) in [5.74, 6) is -0.720. The number of aliphatic hydroxyl groups excluding tert-OH is 1. The number of carbonyl (C=O) groups is 2. The first-order valence-electron chi connectivity index (χ1n) is 13.7. The minimum absolute atomic E-state index is 0.0894. The van der Waals surface area contributed by atoms with Crippen molar-refractivity contribution in [2.75, 3.05) is 18.6 Å². The second kappa shape index (κ2) is 12.2. The van der Waals surface area contributed by atoms with Crippen LogP contribution >= 0.6 is 0 Å². The van der Waals surface area contributed by atoms with Gasteiger partial charge in [-0.25, -0.2) is 9.59 Å². The Kier molecular flexibility index (Phi) is 9.31. The fraction of sp³-hybridized carbons (Fsp3) is 0.517. The number of halogens is 9. The maximum atomic E-state index is 13.9. The summed E-state index contributed by atoms with van der Waals surface area (Å²) in [6.07, 6.45) is -18.0. The van der Waals surface area contributed by atoms with E-state index in [2.05, 4.69) is 0 Å². The van der Waals surface area contributed by atoms with E-state index < -0.39 is 83.6 Å². The first-order valence-corrected chi connectivity index (χ1v) is 13.7. The van der Waals surface area contributed by atoms with Gasteiger partial charge >= 0.3 is 30.7 Å². The van der Waals surface area contributed by atoms with E-state index in [0.29, 0.717) is 30.7 Å². The molecule has 2 aromatic carbocycles. The van der Waals surface area contributed by atoms with E-state index in [1.165, 1.54) is 0 Å². The van der Waals surface area contributed by atoms with Gasteiger partial charge in [-0.05, 0) is 86.1 Å². The van der Waals surface area contributed by atoms with Crippen molar-refractivity contribution in [3.63, 3.8) is 0 Å². The van der Waals surface area contributed by atoms with Gasteiger partial charge in [-0.1, -0.05) is 0 Å². The lowest BCUT2D eigenvalue weighted by molar-refractivity contribution is -0.143. The van der Waals surface area contributed by atoms with Crippen LogP contribution < -0.4 is 4.90 Å². The fourth-order valence-electron chi connectivity index (χ4n) is 5.69. The highest BCUT2D eigenvalue weighted by molar-refractivity contribution is 5.91. The molecular formula is C29H29F9N2O5. The third-order valence-corrected chi connectivity index (χ3v) is 7.79. The SMILES string of the molecule is COC(=O)N(Cc1cc(C(F)(F)F)cc(C(F)(F)F)c1)[C@@H]1C[C@H](C2CC2CO)N(C(=O)OC(C)C)c2ccc(C(F)(F)F)cc21. The van der Waals surface area contributed by atoms with Crippen LogP contribution in [0.1, 0.15) is 60.5 Å². The predicted molar refractivity (Wildman–Crippen MR) is 140 cm³/mol. The zero-order chi connectivity index (χ0) is 33.6. The number of fused-ring (bicyclic) bond motifs is 1. The molecule has 248 valence electrons. The van der Waals surface area contributed by atoms with Crippen molar-refractivity contribution in [3.8, 4) is 0 Å². The summed E-state index contributed by atoms with van der Waals surface area (Å²) in [6, 6.07) is 0.820. The monoisotopic (exact) mass is 656 g/mol. The molecule has 4 rings (SSSR count). The molecule has 4 atom stereocenters. The van der Waals surface area contributed by atoms with E-state index in [1.54, 1.807) is 13.8 Å². The zero-order valence-electron chi connectivity index (χ0n) is 24.1. The molecule has 0 spiro atoms. The van der Waals surface area contributed by atoms with E-state index >= 15 is 0 Å². The maximum absolute atomic E-state index is 13.9. The van der Waals surface area contributed by atoms with E-state index in [1.807, 2.05) is 0 Å². The van der Waals surface area contributed by atoms with Gasteiger partial charge < -0.3 is 14.6 Å². The lowest BCUT2D eigenvalue weighted by Gasteiger charge is -2.44. The van der Waals surface area contributed by atoms with Crippen molar-refractivity contribution in [1.29, 1.82) is 0 Å². The van der Waals surface area contributed by atoms with Crippen LogP contribution in [0.15, 0.2) is 36.4 Å². The number of amides is 2. The minimum Gasteiger partial charge on any atom is -0.453 e. The first kappa shape index (κ1) is 34.2. The molecule has 1 heterocycles. The number of alkyl halides is 9. The predicted octanol–water partition coefficient (Wildman–Crippen LogP) is 7.80. The molecule has 2 aliphatic rings. The van der Waals surface area contributed by atoms with Gasteiger partial charge in [-0.3, -0.25) is 9.80 Å². The average Bonchev–Trinajstić information content (AvgIpc) is 3.72. The lowest BCUT2D eigenvalue weighted by Crippen LogP contribution is -2.50. The summed E-state index contributed by atoms with van der Waals surface area (Å²) in [5, 5.41) is 9.75. The van der Waals surface area contributed by atoms with E-state index in [0.717, 1.165) is 23.0 Å². The highest BCUT2D eigenvalue weighted by atomic mass is 19.4. The first-order chi connectivity index (χ1) is 20.8. The van der Waals surface area contributed by atoms with E-state index in [-0.39, 0.29) is 36.3 Å². The van der Waals surface area contributed by atoms with Gasteiger partial charge in [-0.15, -0.1) is 0 Å². The van der Waals surface area contributed by atoms with Crippen molar-refractivity contribution in [1.82, 2.24) is 4.90 Å². The smallest absolute Gasteiger partial charge is 0.416 e. The Morgan fingerprint density at radius 1 is 0.911 bits per heavy atom. The van der Waals surface area contributed by atoms with Gasteiger partial charge in [0.15, 0.2) is 0 Å². The molecule has 0 bridgehead atoms. The van der Waals surface area contributed by atoms with Crippen LogP contribution in [0.5, 0.6) is 0 Å². The molecule has 45 heavy (non-hydrogen) atoms. The summed E-state index contributed by atoms with van der Waals surface area (Å²) in [5.41, 5.74) is -5.45. The Balaban J connectivity index is 1.91. The highest BCUT2D eigenvalue weighted by Gasteiger charge is 2.52. The standard InChI is InChI=1S/C29H29F9N2O5/c1-14(2)45-26(43)40-22-5-4-17(27(30,31)32)10-21(22)23(11-24(40)20-8-16(20)13-41)39(25(42)44-3)12-15-6-18(28(33,34)35)9-19(7-15)29(36,37)38/h4-7,9-10,14,16,20,23-24,41H,8,11-13H2,1-3H3/t16?,20?,23-,24-/m1/s1. The van der Waals surface area contributed by atoms with Crippen LogP contribution in [-0.2, 0) is 34.5 Å². The number of aliphatic hydroxyl groups is 1. The number of hydrogen-bond acceptors (Lipinski definition) is 5. The van der Waals surface area contributed by atoms with Gasteiger partial charge in [0, 0.05) is 19.2 Å². The van der Waals surface area contributed by atoms with Crippen LogP contribution in [0.4, 0.5) is 54.8 Å². The highest BCUT2D eigenvalue weighted by Crippen LogP contribution is 2.52. The molecule has 1 aliphatic carbocycles. The second-order valence-electron chi connectivity index (χ2n) is 11.2. The molecular weight excluding hydrogens is 627 g/mol. The number of methoxy groups -OCH3 is 1. The Labute approximate surface area is 251 Å². The number of anilines is 1. The van der Waals surface area contributed by atoms with Crippen molar-refractivity contribution in [2.24, 2.45) is 11.8 Å². The summed E-state index contributed by atoms with van der Waals surface area (Å²) >= 11 is 0. The summed E-state index contributed by atoms with van der Waals surface area (Å²) in [4.78, 5) is 28.3. The largest absolute Gasteiger partial charge is 0.453 e. The van der Waals surface area contributed by atoms with Gasteiger partial charge in [0.1, 0.15) is 0 Å². The number of hydrogen-bond donors (Lipinski definition) is 1. The molecule has 1 aliphatic heterocycles. The molecule has 2 amide bonds. The Hall–Kier alpha value is -3.69. The Bertz CT molecular complexity index is 1390. The molecule has 0 radical (unpaired) electrons. The lowest BCUT2D eigenvalue weighted by atomic mass is 9.86. The molecule has 2 aromatic rings. The Morgan fingerprint density at radius 3 is 1.96 bits per heavy atom. The molecule has 16 heteroatoms. The number of rotatable bonds is 6. The summed E-state index contributed by atoms with van der Waals surface area (Å²) in [7, 11) is 0.894. The Morgan fingerprint density at radius 2 is 1.49 bits per heavy atom. The number of ether oxygens (including phenoxy) is 2. The minimum atomic E-state index is -5.20. The molecule has 1 fully saturated rings. The molecule has 0 aromatic heterocycles. The summed E-state index contributed by atoms with van der Waals surface area (Å²) < 4.78 is 133. The van der Waals surface area contributed by atoms with Gasteiger partial charge in [0.2, 0.25) is 0 Å². The van der Waals surface area contributed by atoms with Crippen LogP contribution in [0.2, 0.25) is 0 Å². The fourth-order valence-corrected chi connectivity index (χ4v) is 5.69. The van der Waals surface area contributed by atoms with Crippen LogP contribution in [0.3, 0.4) is 0 Å². The van der Waals surface area contributed by atoms with Crippen molar-refractivity contribution in [2.45, 2.75) is 70.0 Å². The normalized spacial score (nSPS) is 21.8. The number of nitrogens with zero attached hydrogens (tertiary/aromatic N) is 2. The number of benzene rings is 2. The third-order valence-electron chi connectivity index (χ3n) is 7.79. The average molecular weight is 657 g/mol. The summed E-state index contributed by atoms with van der Waals surface area (Å²) in [6.45, 7) is 1.88. The van der Waals surface area contributed by atoms with Crippen molar-refractivity contribution in [3.05, 3.63) is 64.2 Å². The van der Waals surface area contributed by atoms with Crippen molar-refractivity contribution < 1.29 is 63.7 Å². The second-order valence-corrected chi connectivity index (χ2v) is 11.2. The molecule has 2 unspecified atom stereocenters. The number of carbonyl (C=O) groups excluding carboxylic acids is 2. The van der Waals surface area contributed by atoms with Crippen LogP contribution in [-0.4, -0.2) is 48.1 Å². The molecule has 1 N–H and O–H groups in total. The zero-order valence-corrected chi connectivity index (χ0v) is 24.1. The van der Waals surface area contributed by atoms with Gasteiger partial charge in [0.05, 0.1) is 41.6 Å². The van der Waals surface area contributed by atoms with E-state index in [9.17, 15) is 54.2 Å². The topological polar surface area (TPSA) is 79.3 Å². The molecule has 7 nitrogen and oxygen atoms in total. The van der Waals surface area contributed by atoms with Crippen LogP contribution in [0.25, 0.3) is 0 Å².